The van der Waals surface area contributed by atoms with Crippen molar-refractivity contribution in [2.45, 2.75) is 26.7 Å². The van der Waals surface area contributed by atoms with Crippen molar-refractivity contribution in [3.63, 3.8) is 0 Å². The Hall–Kier alpha value is -1.89. The summed E-state index contributed by atoms with van der Waals surface area (Å²) in [5.41, 5.74) is 5.34. The Morgan fingerprint density at radius 2 is 1.95 bits per heavy atom. The molecule has 1 atom stereocenters. The van der Waals surface area contributed by atoms with Crippen LogP contribution in [0.1, 0.15) is 26.1 Å². The molecule has 0 saturated carbocycles. The van der Waals surface area contributed by atoms with E-state index in [9.17, 15) is 9.59 Å². The Kier molecular flexibility index (Phi) is 3.84. The topological polar surface area (TPSA) is 120 Å². The van der Waals surface area contributed by atoms with Crippen LogP contribution in [0.5, 0.6) is 0 Å². The number of aromatic amines is 3. The first-order valence-electron chi connectivity index (χ1n) is 6.40. The van der Waals surface area contributed by atoms with Gasteiger partial charge in [-0.2, -0.15) is 0 Å². The van der Waals surface area contributed by atoms with Crippen molar-refractivity contribution in [3.05, 3.63) is 26.7 Å². The minimum atomic E-state index is -0.548. The number of nitrogens with two attached hydrogens (primary N) is 1. The van der Waals surface area contributed by atoms with Crippen LogP contribution in [-0.2, 0) is 6.42 Å². The molecule has 0 amide bonds. The number of fused-ring (bicyclic) bond motifs is 1. The van der Waals surface area contributed by atoms with Gasteiger partial charge in [-0.1, -0.05) is 13.8 Å². The van der Waals surface area contributed by atoms with Gasteiger partial charge in [0, 0.05) is 6.42 Å². The highest BCUT2D eigenvalue weighted by Gasteiger charge is 2.14. The molecule has 7 heteroatoms. The zero-order valence-corrected chi connectivity index (χ0v) is 11.1. The Balaban J connectivity index is 2.28. The first-order valence-corrected chi connectivity index (χ1v) is 6.40. The molecule has 7 nitrogen and oxygen atoms in total. The molecule has 0 radical (unpaired) electrons. The van der Waals surface area contributed by atoms with Crippen molar-refractivity contribution >= 4 is 11.2 Å². The Bertz CT molecular complexity index is 667. The number of imidazole rings is 1. The predicted octanol–water partition coefficient (Wildman–Crippen LogP) is 0.103. The number of rotatable bonds is 5. The molecule has 0 bridgehead atoms. The number of nitrogens with zero attached hydrogens (tertiary/aromatic N) is 1. The van der Waals surface area contributed by atoms with Crippen LogP contribution in [0, 0.1) is 11.8 Å². The Morgan fingerprint density at radius 1 is 1.21 bits per heavy atom. The van der Waals surface area contributed by atoms with Gasteiger partial charge in [0.15, 0.2) is 5.65 Å². The lowest BCUT2D eigenvalue weighted by molar-refractivity contribution is 0.410. The Morgan fingerprint density at radius 3 is 2.58 bits per heavy atom. The summed E-state index contributed by atoms with van der Waals surface area (Å²) < 4.78 is 0. The fraction of sp³-hybridized carbons (Fsp3) is 0.583. The minimum Gasteiger partial charge on any atom is -0.336 e. The molecule has 2 aromatic heterocycles. The van der Waals surface area contributed by atoms with E-state index in [1.165, 1.54) is 0 Å². The standard InChI is InChI=1S/C12H19N5O2/c1-6(2)3-7(5-13)4-8-14-9-10(15-8)16-12(19)17-11(9)18/h6-7H,3-5,13H2,1-2H3,(H3,14,15,16,17,18,19). The van der Waals surface area contributed by atoms with Crippen molar-refractivity contribution < 1.29 is 0 Å². The van der Waals surface area contributed by atoms with Gasteiger partial charge in [0.05, 0.1) is 0 Å². The fourth-order valence-corrected chi connectivity index (χ4v) is 2.28. The highest BCUT2D eigenvalue weighted by atomic mass is 16.2. The van der Waals surface area contributed by atoms with E-state index in [0.29, 0.717) is 41.8 Å². The molecule has 19 heavy (non-hydrogen) atoms. The first-order chi connectivity index (χ1) is 8.99. The van der Waals surface area contributed by atoms with Gasteiger partial charge in [-0.05, 0) is 24.8 Å². The third-order valence-corrected chi connectivity index (χ3v) is 3.06. The average Bonchev–Trinajstić information content (AvgIpc) is 2.70. The van der Waals surface area contributed by atoms with E-state index in [0.717, 1.165) is 6.42 Å². The molecular formula is C12H19N5O2. The number of H-pyrrole nitrogens is 3. The fourth-order valence-electron chi connectivity index (χ4n) is 2.28. The molecule has 0 aliphatic rings. The van der Waals surface area contributed by atoms with Crippen molar-refractivity contribution in [1.82, 2.24) is 19.9 Å². The Labute approximate surface area is 109 Å². The predicted molar refractivity (Wildman–Crippen MR) is 73.0 cm³/mol. The molecule has 0 spiro atoms. The SMILES string of the molecule is CC(C)CC(CN)Cc1nc2[nH]c(=O)[nH]c(=O)c2[nH]1. The molecular weight excluding hydrogens is 246 g/mol. The summed E-state index contributed by atoms with van der Waals surface area (Å²) >= 11 is 0. The minimum absolute atomic E-state index is 0.295. The van der Waals surface area contributed by atoms with Crippen LogP contribution in [-0.4, -0.2) is 26.5 Å². The van der Waals surface area contributed by atoms with Gasteiger partial charge in [0.25, 0.3) is 5.56 Å². The normalized spacial score (nSPS) is 13.3. The van der Waals surface area contributed by atoms with Crippen molar-refractivity contribution in [2.75, 3.05) is 6.54 Å². The molecule has 0 aromatic carbocycles. The van der Waals surface area contributed by atoms with Gasteiger partial charge in [0.1, 0.15) is 11.3 Å². The van der Waals surface area contributed by atoms with Crippen LogP contribution in [0.3, 0.4) is 0 Å². The summed E-state index contributed by atoms with van der Waals surface area (Å²) in [6.45, 7) is 4.86. The molecule has 2 aromatic rings. The van der Waals surface area contributed by atoms with Gasteiger partial charge in [0.2, 0.25) is 0 Å². The summed E-state index contributed by atoms with van der Waals surface area (Å²) in [6.07, 6.45) is 1.67. The van der Waals surface area contributed by atoms with Crippen LogP contribution in [0.25, 0.3) is 11.2 Å². The van der Waals surface area contributed by atoms with E-state index in [2.05, 4.69) is 33.8 Å². The lowest BCUT2D eigenvalue weighted by Gasteiger charge is -2.15. The van der Waals surface area contributed by atoms with Crippen molar-refractivity contribution in [3.8, 4) is 0 Å². The van der Waals surface area contributed by atoms with Gasteiger partial charge in [-0.3, -0.25) is 14.8 Å². The number of nitrogens with one attached hydrogen (secondary N) is 3. The highest BCUT2D eigenvalue weighted by Crippen LogP contribution is 2.15. The third kappa shape index (κ3) is 3.11. The van der Waals surface area contributed by atoms with Crippen LogP contribution in [0.15, 0.2) is 9.59 Å². The summed E-state index contributed by atoms with van der Waals surface area (Å²) in [5.74, 6) is 1.55. The molecule has 2 heterocycles. The van der Waals surface area contributed by atoms with Crippen LogP contribution in [0.4, 0.5) is 0 Å². The lowest BCUT2D eigenvalue weighted by Crippen LogP contribution is -2.21. The zero-order valence-electron chi connectivity index (χ0n) is 11.1. The summed E-state index contributed by atoms with van der Waals surface area (Å²) in [6, 6.07) is 0. The van der Waals surface area contributed by atoms with E-state index in [1.54, 1.807) is 0 Å². The van der Waals surface area contributed by atoms with Gasteiger partial charge in [-0.25, -0.2) is 9.78 Å². The molecule has 0 fully saturated rings. The average molecular weight is 265 g/mol. The maximum atomic E-state index is 11.6. The van der Waals surface area contributed by atoms with E-state index < -0.39 is 11.2 Å². The van der Waals surface area contributed by atoms with Crippen LogP contribution < -0.4 is 17.0 Å². The molecule has 0 aliphatic heterocycles. The molecule has 0 saturated heterocycles. The molecule has 1 unspecified atom stereocenters. The monoisotopic (exact) mass is 265 g/mol. The number of hydrogen-bond donors (Lipinski definition) is 4. The van der Waals surface area contributed by atoms with E-state index in [1.807, 2.05) is 0 Å². The number of hydrogen-bond acceptors (Lipinski definition) is 4. The summed E-state index contributed by atoms with van der Waals surface area (Å²) in [7, 11) is 0. The maximum Gasteiger partial charge on any atom is 0.327 e. The lowest BCUT2D eigenvalue weighted by atomic mass is 9.94. The highest BCUT2D eigenvalue weighted by molar-refractivity contribution is 5.68. The zero-order chi connectivity index (χ0) is 14.0. The second kappa shape index (κ2) is 5.40. The smallest absolute Gasteiger partial charge is 0.327 e. The van der Waals surface area contributed by atoms with Crippen LogP contribution >= 0.6 is 0 Å². The maximum absolute atomic E-state index is 11.6. The van der Waals surface area contributed by atoms with Gasteiger partial charge < -0.3 is 10.7 Å². The third-order valence-electron chi connectivity index (χ3n) is 3.06. The number of aromatic nitrogens is 4. The van der Waals surface area contributed by atoms with E-state index in [4.69, 9.17) is 5.73 Å². The molecule has 0 aliphatic carbocycles. The molecule has 2 rings (SSSR count). The second-order valence-corrected chi connectivity index (χ2v) is 5.25. The van der Waals surface area contributed by atoms with Crippen molar-refractivity contribution in [2.24, 2.45) is 17.6 Å². The summed E-state index contributed by atoms with van der Waals surface area (Å²) in [4.78, 5) is 34.6. The quantitative estimate of drug-likeness (QED) is 0.612. The van der Waals surface area contributed by atoms with E-state index in [-0.39, 0.29) is 0 Å². The largest absolute Gasteiger partial charge is 0.336 e. The second-order valence-electron chi connectivity index (χ2n) is 5.25. The first kappa shape index (κ1) is 13.5. The van der Waals surface area contributed by atoms with Crippen LogP contribution in [0.2, 0.25) is 0 Å². The molecule has 104 valence electrons. The van der Waals surface area contributed by atoms with Gasteiger partial charge >= 0.3 is 5.69 Å². The van der Waals surface area contributed by atoms with Gasteiger partial charge in [-0.15, -0.1) is 0 Å². The van der Waals surface area contributed by atoms with Crippen molar-refractivity contribution in [1.29, 1.82) is 0 Å². The van der Waals surface area contributed by atoms with E-state index >= 15 is 0 Å². The molecule has 5 N–H and O–H groups in total. The summed E-state index contributed by atoms with van der Waals surface area (Å²) in [5, 5.41) is 0.